The summed E-state index contributed by atoms with van der Waals surface area (Å²) in [6.45, 7) is -0.549. The molecule has 0 unspecified atom stereocenters. The molecule has 3 N–H and O–H groups in total. The Labute approximate surface area is 184 Å². The van der Waals surface area contributed by atoms with Gasteiger partial charge >= 0.3 is 12.9 Å². The van der Waals surface area contributed by atoms with E-state index in [9.17, 15) is 31.1 Å². The summed E-state index contributed by atoms with van der Waals surface area (Å²) in [6, 6.07) is 7.56. The lowest BCUT2D eigenvalue weighted by Gasteiger charge is -2.33. The summed E-state index contributed by atoms with van der Waals surface area (Å²) in [5.74, 6) is -0.475. The monoisotopic (exact) mass is 482 g/mol. The Morgan fingerprint density at radius 3 is 2.59 bits per heavy atom. The van der Waals surface area contributed by atoms with Crippen LogP contribution in [0, 0.1) is 0 Å². The van der Waals surface area contributed by atoms with Gasteiger partial charge in [0.2, 0.25) is 0 Å². The van der Waals surface area contributed by atoms with Gasteiger partial charge < -0.3 is 15.0 Å². The molecule has 0 spiro atoms. The van der Waals surface area contributed by atoms with Crippen molar-refractivity contribution in [3.8, 4) is 0 Å². The average molecular weight is 482 g/mol. The first-order chi connectivity index (χ1) is 15.0. The number of nitrogens with two attached hydrogens (primary N) is 1. The maximum atomic E-state index is 13.2. The van der Waals surface area contributed by atoms with Gasteiger partial charge in [-0.25, -0.2) is 4.98 Å². The fourth-order valence-electron chi connectivity index (χ4n) is 2.89. The van der Waals surface area contributed by atoms with E-state index in [0.29, 0.717) is 30.3 Å². The summed E-state index contributed by atoms with van der Waals surface area (Å²) in [5.41, 5.74) is -0.692. The number of hydrogen-bond acceptors (Lipinski definition) is 6. The van der Waals surface area contributed by atoms with E-state index in [0.717, 1.165) is 24.2 Å². The molecule has 3 rings (SSSR count). The van der Waals surface area contributed by atoms with Crippen molar-refractivity contribution >= 4 is 29.4 Å². The van der Waals surface area contributed by atoms with Crippen molar-refractivity contribution in [1.29, 1.82) is 0 Å². The van der Waals surface area contributed by atoms with E-state index in [1.54, 1.807) is 29.2 Å². The Kier molecular flexibility index (Phi) is 9.16. The van der Waals surface area contributed by atoms with Crippen LogP contribution in [-0.2, 0) is 10.9 Å². The molecule has 1 aliphatic rings. The Hall–Kier alpha value is -2.51. The zero-order chi connectivity index (χ0) is 23.9. The number of halogens is 6. The normalized spacial score (nSPS) is 16.4. The van der Waals surface area contributed by atoms with Crippen LogP contribution >= 0.6 is 11.9 Å². The maximum absolute atomic E-state index is 13.2. The fourth-order valence-corrected chi connectivity index (χ4v) is 3.24. The van der Waals surface area contributed by atoms with Crippen LogP contribution in [0.25, 0.3) is 0 Å². The van der Waals surface area contributed by atoms with Crippen molar-refractivity contribution in [3.05, 3.63) is 47.7 Å². The Morgan fingerprint density at radius 1 is 1.31 bits per heavy atom. The molecule has 1 fully saturated rings. The number of carbonyl (C=O) groups excluding carboxylic acids is 1. The predicted molar refractivity (Wildman–Crippen MR) is 108 cm³/mol. The summed E-state index contributed by atoms with van der Waals surface area (Å²) in [4.78, 5) is 19.3. The number of carbonyl (C=O) groups is 1. The lowest BCUT2D eigenvalue weighted by molar-refractivity contribution is -0.137. The molecule has 1 atom stereocenters. The molecule has 1 amide bonds. The van der Waals surface area contributed by atoms with E-state index in [1.165, 1.54) is 0 Å². The first kappa shape index (κ1) is 25.7. The van der Waals surface area contributed by atoms with E-state index >= 15 is 0 Å². The second-order valence-electron chi connectivity index (χ2n) is 6.57. The van der Waals surface area contributed by atoms with E-state index < -0.39 is 24.3 Å². The number of alkyl halides is 6. The standard InChI is InChI=1S/C18H19F3N4O2S.CHF3/c1-11-10-25(5-6-27-11)16-15(7-12(9-23-16)18(19,20)21)17(26)24-13-3-2-4-14(8-13)28-22;2-1(3)4/h2-4,7-9,11H,5-6,10,22H2,1H3,(H,24,26);1H/t11-;/m0./s1. The van der Waals surface area contributed by atoms with Gasteiger partial charge in [0, 0.05) is 29.9 Å². The maximum Gasteiger partial charge on any atom is 0.417 e. The molecule has 2 heterocycles. The number of pyridine rings is 1. The smallest absolute Gasteiger partial charge is 0.375 e. The molecule has 32 heavy (non-hydrogen) atoms. The van der Waals surface area contributed by atoms with Gasteiger partial charge in [-0.05, 0) is 43.1 Å². The number of morpholine rings is 1. The Bertz CT molecular complexity index is 913. The Balaban J connectivity index is 0.000000837. The van der Waals surface area contributed by atoms with Crippen LogP contribution in [0.3, 0.4) is 0 Å². The number of rotatable bonds is 4. The molecule has 13 heteroatoms. The lowest BCUT2D eigenvalue weighted by atomic mass is 10.1. The molecule has 0 radical (unpaired) electrons. The van der Waals surface area contributed by atoms with Crippen LogP contribution < -0.4 is 15.4 Å². The van der Waals surface area contributed by atoms with Crippen LogP contribution in [0.15, 0.2) is 41.4 Å². The highest BCUT2D eigenvalue weighted by Gasteiger charge is 2.33. The lowest BCUT2D eigenvalue weighted by Crippen LogP contribution is -2.42. The molecular formula is C19H20F6N4O2S. The largest absolute Gasteiger partial charge is 0.417 e. The highest BCUT2D eigenvalue weighted by atomic mass is 32.2. The van der Waals surface area contributed by atoms with Gasteiger partial charge in [-0.3, -0.25) is 9.93 Å². The van der Waals surface area contributed by atoms with Crippen molar-refractivity contribution in [1.82, 2.24) is 4.98 Å². The van der Waals surface area contributed by atoms with Crippen molar-refractivity contribution < 1.29 is 35.9 Å². The van der Waals surface area contributed by atoms with Gasteiger partial charge in [0.1, 0.15) is 5.82 Å². The minimum Gasteiger partial charge on any atom is -0.375 e. The minimum atomic E-state index is -4.60. The summed E-state index contributed by atoms with van der Waals surface area (Å²) >= 11 is 1.00. The summed E-state index contributed by atoms with van der Waals surface area (Å²) in [5, 5.41) is 8.14. The number of nitrogens with zero attached hydrogens (tertiary/aromatic N) is 2. The quantitative estimate of drug-likeness (QED) is 0.485. The SMILES string of the molecule is C[C@H]1CN(c2ncc(C(F)(F)F)cc2C(=O)Nc2cccc(SN)c2)CCO1.FC(F)F. The van der Waals surface area contributed by atoms with Crippen LogP contribution in [-0.4, -0.2) is 43.4 Å². The number of nitrogens with one attached hydrogen (secondary N) is 1. The van der Waals surface area contributed by atoms with Crippen LogP contribution in [0.1, 0.15) is 22.8 Å². The first-order valence-corrected chi connectivity index (χ1v) is 10.0. The van der Waals surface area contributed by atoms with E-state index in [4.69, 9.17) is 9.88 Å². The van der Waals surface area contributed by atoms with Gasteiger partial charge in [0.05, 0.1) is 23.8 Å². The van der Waals surface area contributed by atoms with E-state index in [2.05, 4.69) is 10.3 Å². The van der Waals surface area contributed by atoms with Crippen molar-refractivity contribution in [2.45, 2.75) is 30.8 Å². The summed E-state index contributed by atoms with van der Waals surface area (Å²) in [6.07, 6.45) is -3.97. The molecule has 1 aromatic heterocycles. The molecule has 0 aliphatic carbocycles. The number of aromatic nitrogens is 1. The number of anilines is 2. The second-order valence-corrected chi connectivity index (χ2v) is 7.27. The predicted octanol–water partition coefficient (Wildman–Crippen LogP) is 4.72. The zero-order valence-corrected chi connectivity index (χ0v) is 17.5. The molecule has 1 aliphatic heterocycles. The van der Waals surface area contributed by atoms with Gasteiger partial charge in [0.15, 0.2) is 0 Å². The van der Waals surface area contributed by atoms with E-state index in [1.807, 2.05) is 6.92 Å². The third kappa shape index (κ3) is 7.57. The zero-order valence-electron chi connectivity index (χ0n) is 16.7. The molecule has 1 aromatic carbocycles. The number of ether oxygens (including phenoxy) is 1. The molecule has 0 saturated carbocycles. The number of amides is 1. The van der Waals surface area contributed by atoms with Crippen LogP contribution in [0.5, 0.6) is 0 Å². The number of benzene rings is 1. The summed E-state index contributed by atoms with van der Waals surface area (Å²) in [7, 11) is 0. The fraction of sp³-hybridized carbons (Fsp3) is 0.368. The van der Waals surface area contributed by atoms with Gasteiger partial charge in [-0.2, -0.15) is 26.3 Å². The minimum absolute atomic E-state index is 0.119. The van der Waals surface area contributed by atoms with Crippen molar-refractivity contribution in [3.63, 3.8) is 0 Å². The second kappa shape index (κ2) is 11.4. The average Bonchev–Trinajstić information content (AvgIpc) is 2.72. The molecule has 1 saturated heterocycles. The highest BCUT2D eigenvalue weighted by molar-refractivity contribution is 7.97. The van der Waals surface area contributed by atoms with Gasteiger partial charge in [-0.1, -0.05) is 6.07 Å². The van der Waals surface area contributed by atoms with Crippen LogP contribution in [0.4, 0.5) is 37.8 Å². The number of hydrogen-bond donors (Lipinski definition) is 2. The van der Waals surface area contributed by atoms with Crippen LogP contribution in [0.2, 0.25) is 0 Å². The molecule has 2 aromatic rings. The topological polar surface area (TPSA) is 80.5 Å². The van der Waals surface area contributed by atoms with Gasteiger partial charge in [0.25, 0.3) is 5.91 Å². The molecule has 0 bridgehead atoms. The first-order valence-electron chi connectivity index (χ1n) is 9.15. The van der Waals surface area contributed by atoms with Crippen molar-refractivity contribution in [2.24, 2.45) is 5.14 Å². The third-order valence-electron chi connectivity index (χ3n) is 4.21. The summed E-state index contributed by atoms with van der Waals surface area (Å²) < 4.78 is 74.0. The highest BCUT2D eigenvalue weighted by Crippen LogP contribution is 2.32. The Morgan fingerprint density at radius 2 is 2.00 bits per heavy atom. The molecular weight excluding hydrogens is 462 g/mol. The van der Waals surface area contributed by atoms with Crippen molar-refractivity contribution in [2.75, 3.05) is 29.9 Å². The molecule has 176 valence electrons. The van der Waals surface area contributed by atoms with Gasteiger partial charge in [-0.15, -0.1) is 0 Å². The third-order valence-corrected chi connectivity index (χ3v) is 4.73. The molecule has 6 nitrogen and oxygen atoms in total. The van der Waals surface area contributed by atoms with E-state index in [-0.39, 0.29) is 17.5 Å².